The van der Waals surface area contributed by atoms with E-state index in [-0.39, 0.29) is 18.1 Å². The van der Waals surface area contributed by atoms with Crippen LogP contribution in [0, 0.1) is 0 Å². The molecule has 0 unspecified atom stereocenters. The molecule has 2 heterocycles. The van der Waals surface area contributed by atoms with Crippen LogP contribution >= 0.6 is 47.8 Å². The number of benzene rings is 2. The second-order valence-corrected chi connectivity index (χ2v) is 10.7. The van der Waals surface area contributed by atoms with Gasteiger partial charge in [-0.3, -0.25) is 9.59 Å². The molecule has 0 atom stereocenters. The number of aromatic nitrogens is 2. The Labute approximate surface area is 239 Å². The first-order valence-corrected chi connectivity index (χ1v) is 14.0. The van der Waals surface area contributed by atoms with Crippen molar-refractivity contribution in [2.75, 3.05) is 40.0 Å². The van der Waals surface area contributed by atoms with E-state index in [1.165, 1.54) is 11.8 Å². The number of methoxy groups -OCH3 is 1. The Balaban J connectivity index is 1.66. The number of halogens is 3. The summed E-state index contributed by atoms with van der Waals surface area (Å²) in [7, 11) is 1.52. The minimum atomic E-state index is -0.255. The Hall–Kier alpha value is -2.28. The zero-order chi connectivity index (χ0) is 26.5. The summed E-state index contributed by atoms with van der Waals surface area (Å²) in [4.78, 5) is 32.2. The molecule has 2 aromatic carbocycles. The average Bonchev–Trinajstić information content (AvgIpc) is 2.91. The molecule has 196 valence electrons. The van der Waals surface area contributed by atoms with Gasteiger partial charge in [0.1, 0.15) is 5.82 Å². The molecule has 1 aromatic heterocycles. The topological polar surface area (TPSA) is 95.2 Å². The molecule has 1 saturated heterocycles. The molecule has 0 radical (unpaired) electrons. The van der Waals surface area contributed by atoms with E-state index in [0.29, 0.717) is 75.5 Å². The summed E-state index contributed by atoms with van der Waals surface area (Å²) in [6.45, 7) is 4.01. The maximum Gasteiger partial charge on any atom is 0.282 e. The number of ether oxygens (including phenoxy) is 3. The van der Waals surface area contributed by atoms with Gasteiger partial charge in [0.2, 0.25) is 0 Å². The van der Waals surface area contributed by atoms with Crippen LogP contribution in [0.1, 0.15) is 24.7 Å². The first kappa shape index (κ1) is 27.7. The lowest BCUT2D eigenvalue weighted by molar-refractivity contribution is -0.137. The second-order valence-electron chi connectivity index (χ2n) is 8.21. The van der Waals surface area contributed by atoms with E-state index in [9.17, 15) is 9.59 Å². The Morgan fingerprint density at radius 1 is 1.19 bits per heavy atom. The van der Waals surface area contributed by atoms with Gasteiger partial charge in [0, 0.05) is 34.0 Å². The summed E-state index contributed by atoms with van der Waals surface area (Å²) in [5.41, 5.74) is 1.01. The van der Waals surface area contributed by atoms with Crippen molar-refractivity contribution >= 4 is 70.8 Å². The van der Waals surface area contributed by atoms with E-state index >= 15 is 0 Å². The predicted molar refractivity (Wildman–Crippen MR) is 152 cm³/mol. The molecular weight excluding hydrogens is 676 g/mol. The molecule has 3 aromatic rings. The van der Waals surface area contributed by atoms with Gasteiger partial charge in [-0.05, 0) is 62.5 Å². The van der Waals surface area contributed by atoms with Crippen LogP contribution < -0.4 is 15.0 Å². The standard InChI is InChI=1S/C25H25Br3N4O5/c1-3-4-20-30-18-6-5-16(26)12-17(18)25(34)32(20)29-13-15-11-19(35-2)24(23(28)22(15)27)37-14-21(33)31-7-9-36-10-8-31/h5-6,11-13H,3-4,7-10,14H2,1-2H3. The molecule has 37 heavy (non-hydrogen) atoms. The highest BCUT2D eigenvalue weighted by atomic mass is 79.9. The maximum absolute atomic E-state index is 13.3. The van der Waals surface area contributed by atoms with Crippen LogP contribution in [0.3, 0.4) is 0 Å². The number of fused-ring (bicyclic) bond motifs is 1. The Kier molecular flexibility index (Phi) is 9.38. The lowest BCUT2D eigenvalue weighted by atomic mass is 10.2. The van der Waals surface area contributed by atoms with Crippen molar-refractivity contribution in [3.63, 3.8) is 0 Å². The van der Waals surface area contributed by atoms with Gasteiger partial charge in [-0.25, -0.2) is 4.98 Å². The number of aryl methyl sites for hydroxylation is 1. The number of carbonyl (C=O) groups excluding carboxylic acids is 1. The molecule has 0 bridgehead atoms. The Bertz CT molecular complexity index is 1400. The molecular formula is C25H25Br3N4O5. The first-order valence-electron chi connectivity index (χ1n) is 11.6. The van der Waals surface area contributed by atoms with Crippen LogP contribution in [0.2, 0.25) is 0 Å². The van der Waals surface area contributed by atoms with E-state index in [4.69, 9.17) is 14.2 Å². The second kappa shape index (κ2) is 12.5. The molecule has 1 aliphatic rings. The van der Waals surface area contributed by atoms with Crippen LogP contribution in [0.5, 0.6) is 11.5 Å². The van der Waals surface area contributed by atoms with Crippen LogP contribution in [0.4, 0.5) is 0 Å². The molecule has 0 saturated carbocycles. The van der Waals surface area contributed by atoms with E-state index < -0.39 is 0 Å². The smallest absolute Gasteiger partial charge is 0.282 e. The summed E-state index contributed by atoms with van der Waals surface area (Å²) in [5.74, 6) is 1.24. The van der Waals surface area contributed by atoms with E-state index in [1.54, 1.807) is 23.2 Å². The van der Waals surface area contributed by atoms with Crippen molar-refractivity contribution in [1.82, 2.24) is 14.6 Å². The monoisotopic (exact) mass is 698 g/mol. The van der Waals surface area contributed by atoms with Crippen molar-refractivity contribution in [1.29, 1.82) is 0 Å². The number of hydrogen-bond acceptors (Lipinski definition) is 7. The van der Waals surface area contributed by atoms with Crippen LogP contribution in [-0.4, -0.2) is 66.7 Å². The van der Waals surface area contributed by atoms with Crippen LogP contribution in [0.25, 0.3) is 10.9 Å². The maximum atomic E-state index is 13.3. The van der Waals surface area contributed by atoms with Crippen molar-refractivity contribution in [3.05, 3.63) is 59.4 Å². The molecule has 0 N–H and O–H groups in total. The van der Waals surface area contributed by atoms with Gasteiger partial charge in [0.05, 0.1) is 41.9 Å². The third-order valence-corrected chi connectivity index (χ3v) is 8.38. The van der Waals surface area contributed by atoms with Gasteiger partial charge < -0.3 is 19.1 Å². The molecule has 1 fully saturated rings. The highest BCUT2D eigenvalue weighted by molar-refractivity contribution is 9.13. The van der Waals surface area contributed by atoms with Gasteiger partial charge in [-0.15, -0.1) is 0 Å². The quantitative estimate of drug-likeness (QED) is 0.315. The van der Waals surface area contributed by atoms with Gasteiger partial charge in [0.15, 0.2) is 18.1 Å². The van der Waals surface area contributed by atoms with Gasteiger partial charge >= 0.3 is 0 Å². The van der Waals surface area contributed by atoms with E-state index in [2.05, 4.69) is 57.9 Å². The van der Waals surface area contributed by atoms with Crippen molar-refractivity contribution in [3.8, 4) is 11.5 Å². The molecule has 9 nitrogen and oxygen atoms in total. The third-order valence-electron chi connectivity index (χ3n) is 5.74. The number of rotatable bonds is 8. The van der Waals surface area contributed by atoms with E-state index in [0.717, 1.165) is 10.9 Å². The summed E-state index contributed by atoms with van der Waals surface area (Å²) in [6.07, 6.45) is 2.96. The number of nitrogens with zero attached hydrogens (tertiary/aromatic N) is 4. The molecule has 4 rings (SSSR count). The molecule has 12 heteroatoms. The van der Waals surface area contributed by atoms with Crippen molar-refractivity contribution < 1.29 is 19.0 Å². The summed E-state index contributed by atoms with van der Waals surface area (Å²) in [6, 6.07) is 7.14. The predicted octanol–water partition coefficient (Wildman–Crippen LogP) is 4.76. The Morgan fingerprint density at radius 2 is 1.95 bits per heavy atom. The van der Waals surface area contributed by atoms with Gasteiger partial charge in [-0.2, -0.15) is 9.78 Å². The molecule has 0 aliphatic carbocycles. The van der Waals surface area contributed by atoms with Gasteiger partial charge in [-0.1, -0.05) is 22.9 Å². The normalized spacial score (nSPS) is 13.9. The van der Waals surface area contributed by atoms with Crippen LogP contribution in [0.15, 0.2) is 47.6 Å². The first-order chi connectivity index (χ1) is 17.8. The van der Waals surface area contributed by atoms with Crippen molar-refractivity contribution in [2.45, 2.75) is 19.8 Å². The minimum absolute atomic E-state index is 0.128. The average molecular weight is 701 g/mol. The third kappa shape index (κ3) is 6.24. The molecule has 0 spiro atoms. The fourth-order valence-electron chi connectivity index (χ4n) is 3.84. The van der Waals surface area contributed by atoms with E-state index in [1.807, 2.05) is 19.1 Å². The highest BCUT2D eigenvalue weighted by Gasteiger charge is 2.21. The lowest BCUT2D eigenvalue weighted by Crippen LogP contribution is -2.43. The van der Waals surface area contributed by atoms with Crippen LogP contribution in [-0.2, 0) is 16.0 Å². The lowest BCUT2D eigenvalue weighted by Gasteiger charge is -2.27. The van der Waals surface area contributed by atoms with Gasteiger partial charge in [0.25, 0.3) is 11.5 Å². The molecule has 1 amide bonds. The summed E-state index contributed by atoms with van der Waals surface area (Å²) >= 11 is 10.5. The number of morpholine rings is 1. The Morgan fingerprint density at radius 3 is 2.65 bits per heavy atom. The summed E-state index contributed by atoms with van der Waals surface area (Å²) < 4.78 is 20.0. The fourth-order valence-corrected chi connectivity index (χ4v) is 5.14. The summed E-state index contributed by atoms with van der Waals surface area (Å²) in [5, 5.41) is 4.97. The largest absolute Gasteiger partial charge is 0.493 e. The SMILES string of the molecule is CCCc1nc2ccc(Br)cc2c(=O)n1N=Cc1cc(OC)c(OCC(=O)N2CCOCC2)c(Br)c1Br. The zero-order valence-corrected chi connectivity index (χ0v) is 25.1. The molecule has 1 aliphatic heterocycles. The minimum Gasteiger partial charge on any atom is -0.493 e. The van der Waals surface area contributed by atoms with Crippen molar-refractivity contribution in [2.24, 2.45) is 5.10 Å². The fraction of sp³-hybridized carbons (Fsp3) is 0.360. The highest BCUT2D eigenvalue weighted by Crippen LogP contribution is 2.42. The number of carbonyl (C=O) groups is 1. The zero-order valence-electron chi connectivity index (χ0n) is 20.3. The number of hydrogen-bond donors (Lipinski definition) is 0. The number of amides is 1.